The first-order chi connectivity index (χ1) is 11.5. The summed E-state index contributed by atoms with van der Waals surface area (Å²) in [5, 5.41) is 1.49. The lowest BCUT2D eigenvalue weighted by atomic mass is 10.0. The molecule has 0 amide bonds. The van der Waals surface area contributed by atoms with Crippen molar-refractivity contribution in [3.8, 4) is 0 Å². The molecule has 3 heteroatoms. The summed E-state index contributed by atoms with van der Waals surface area (Å²) in [4.78, 5) is 0.370. The van der Waals surface area contributed by atoms with Crippen molar-refractivity contribution in [2.45, 2.75) is 50.8 Å². The summed E-state index contributed by atoms with van der Waals surface area (Å²) in [5.74, 6) is 0. The number of unbranched alkanes of at least 4 members (excludes halogenated alkanes) is 2. The van der Waals surface area contributed by atoms with Crippen molar-refractivity contribution in [3.63, 3.8) is 0 Å². The minimum atomic E-state index is -3.40. The average molecular weight is 343 g/mol. The molecule has 0 aliphatic heterocycles. The maximum absolute atomic E-state index is 12.7. The van der Waals surface area contributed by atoms with Gasteiger partial charge in [0.05, 0.1) is 4.90 Å². The molecule has 0 fully saturated rings. The van der Waals surface area contributed by atoms with Gasteiger partial charge in [-0.25, -0.2) is 8.42 Å². The van der Waals surface area contributed by atoms with Crippen LogP contribution in [0.25, 0.3) is 0 Å². The number of allylic oxidation sites excluding steroid dienone is 1. The standard InChI is InChI=1S/C21H26O2S/c1-3-4-6-11-20(16-19-9-7-5-8-10-19)17-24(22,23)21-14-12-18(2)13-15-21/h5,7-10,12-15,17H,3-4,6,11,16H2,1-2H3/b20-17+. The zero-order valence-corrected chi connectivity index (χ0v) is 15.4. The molecule has 2 rings (SSSR count). The Balaban J connectivity index is 2.26. The Bertz CT molecular complexity index is 757. The van der Waals surface area contributed by atoms with Gasteiger partial charge in [0, 0.05) is 5.41 Å². The van der Waals surface area contributed by atoms with Gasteiger partial charge in [0.15, 0.2) is 9.84 Å². The normalized spacial score (nSPS) is 12.3. The van der Waals surface area contributed by atoms with Gasteiger partial charge < -0.3 is 0 Å². The van der Waals surface area contributed by atoms with Crippen LogP contribution in [0.5, 0.6) is 0 Å². The van der Waals surface area contributed by atoms with Gasteiger partial charge in [-0.05, 0) is 43.9 Å². The van der Waals surface area contributed by atoms with E-state index in [-0.39, 0.29) is 0 Å². The molecule has 24 heavy (non-hydrogen) atoms. The van der Waals surface area contributed by atoms with Crippen LogP contribution in [0.15, 0.2) is 70.5 Å². The Morgan fingerprint density at radius 2 is 1.62 bits per heavy atom. The van der Waals surface area contributed by atoms with Crippen LogP contribution in [0.1, 0.15) is 43.7 Å². The molecule has 0 radical (unpaired) electrons. The molecule has 0 aromatic heterocycles. The van der Waals surface area contributed by atoms with Crippen molar-refractivity contribution in [1.29, 1.82) is 0 Å². The highest BCUT2D eigenvalue weighted by molar-refractivity contribution is 7.94. The average Bonchev–Trinajstić information content (AvgIpc) is 2.56. The molecule has 0 unspecified atom stereocenters. The topological polar surface area (TPSA) is 34.1 Å². The van der Waals surface area contributed by atoms with Crippen LogP contribution in [0.3, 0.4) is 0 Å². The third-order valence-corrected chi connectivity index (χ3v) is 5.62. The third-order valence-electron chi connectivity index (χ3n) is 4.05. The van der Waals surface area contributed by atoms with Crippen LogP contribution in [-0.2, 0) is 16.3 Å². The number of hydrogen-bond acceptors (Lipinski definition) is 2. The van der Waals surface area contributed by atoms with Crippen molar-refractivity contribution in [1.82, 2.24) is 0 Å². The van der Waals surface area contributed by atoms with Crippen LogP contribution in [-0.4, -0.2) is 8.42 Å². The second kappa shape index (κ2) is 8.84. The predicted octanol–water partition coefficient (Wildman–Crippen LogP) is 5.48. The Morgan fingerprint density at radius 3 is 2.25 bits per heavy atom. The highest BCUT2D eigenvalue weighted by Gasteiger charge is 2.13. The molecule has 0 aliphatic rings. The lowest BCUT2D eigenvalue weighted by Gasteiger charge is -2.09. The molecule has 0 saturated carbocycles. The summed E-state index contributed by atoms with van der Waals surface area (Å²) >= 11 is 0. The number of sulfone groups is 1. The van der Waals surface area contributed by atoms with E-state index in [0.29, 0.717) is 11.3 Å². The monoisotopic (exact) mass is 342 g/mol. The second-order valence-electron chi connectivity index (χ2n) is 6.25. The minimum Gasteiger partial charge on any atom is -0.219 e. The van der Waals surface area contributed by atoms with Crippen molar-refractivity contribution < 1.29 is 8.42 Å². The molecule has 2 nitrogen and oxygen atoms in total. The quantitative estimate of drug-likeness (QED) is 0.596. The minimum absolute atomic E-state index is 0.370. The molecular formula is C21H26O2S. The van der Waals surface area contributed by atoms with Gasteiger partial charge in [-0.1, -0.05) is 73.4 Å². The molecule has 0 heterocycles. The van der Waals surface area contributed by atoms with E-state index >= 15 is 0 Å². The second-order valence-corrected chi connectivity index (χ2v) is 8.05. The summed E-state index contributed by atoms with van der Waals surface area (Å²) in [7, 11) is -3.40. The van der Waals surface area contributed by atoms with Crippen molar-refractivity contribution in [3.05, 3.63) is 76.7 Å². The zero-order valence-electron chi connectivity index (χ0n) is 14.5. The predicted molar refractivity (Wildman–Crippen MR) is 101 cm³/mol. The molecule has 2 aromatic carbocycles. The molecule has 0 saturated heterocycles. The number of hydrogen-bond donors (Lipinski definition) is 0. The SMILES string of the molecule is CCCCC/C(=C\S(=O)(=O)c1ccc(C)cc1)Cc1ccccc1. The molecular weight excluding hydrogens is 316 g/mol. The summed E-state index contributed by atoms with van der Waals surface area (Å²) in [6.45, 7) is 4.11. The number of rotatable bonds is 8. The smallest absolute Gasteiger partial charge is 0.199 e. The highest BCUT2D eigenvalue weighted by Crippen LogP contribution is 2.21. The van der Waals surface area contributed by atoms with Crippen molar-refractivity contribution in [2.75, 3.05) is 0 Å². The van der Waals surface area contributed by atoms with Crippen LogP contribution in [0.4, 0.5) is 0 Å². The van der Waals surface area contributed by atoms with Crippen LogP contribution in [0, 0.1) is 6.92 Å². The lowest BCUT2D eigenvalue weighted by molar-refractivity contribution is 0.603. The third kappa shape index (κ3) is 5.64. The van der Waals surface area contributed by atoms with Gasteiger partial charge in [-0.2, -0.15) is 0 Å². The zero-order chi connectivity index (χ0) is 17.4. The van der Waals surface area contributed by atoms with E-state index in [2.05, 4.69) is 6.92 Å². The van der Waals surface area contributed by atoms with Gasteiger partial charge >= 0.3 is 0 Å². The Hall–Kier alpha value is -1.87. The van der Waals surface area contributed by atoms with E-state index in [9.17, 15) is 8.42 Å². The first-order valence-electron chi connectivity index (χ1n) is 8.56. The molecule has 2 aromatic rings. The Morgan fingerprint density at radius 1 is 0.958 bits per heavy atom. The van der Waals surface area contributed by atoms with Crippen molar-refractivity contribution in [2.24, 2.45) is 0 Å². The molecule has 0 aliphatic carbocycles. The van der Waals surface area contributed by atoms with Gasteiger partial charge in [-0.15, -0.1) is 0 Å². The summed E-state index contributed by atoms with van der Waals surface area (Å²) in [6, 6.07) is 17.1. The van der Waals surface area contributed by atoms with E-state index in [0.717, 1.165) is 42.4 Å². The highest BCUT2D eigenvalue weighted by atomic mass is 32.2. The van der Waals surface area contributed by atoms with E-state index in [1.54, 1.807) is 12.1 Å². The van der Waals surface area contributed by atoms with Gasteiger partial charge in [0.25, 0.3) is 0 Å². The van der Waals surface area contributed by atoms with E-state index in [4.69, 9.17) is 0 Å². The maximum Gasteiger partial charge on any atom is 0.199 e. The van der Waals surface area contributed by atoms with Crippen LogP contribution >= 0.6 is 0 Å². The first-order valence-corrected chi connectivity index (χ1v) is 10.1. The largest absolute Gasteiger partial charge is 0.219 e. The Kier molecular flexibility index (Phi) is 6.80. The maximum atomic E-state index is 12.7. The van der Waals surface area contributed by atoms with E-state index in [1.165, 1.54) is 5.41 Å². The van der Waals surface area contributed by atoms with Gasteiger partial charge in [-0.3, -0.25) is 0 Å². The summed E-state index contributed by atoms with van der Waals surface area (Å²) < 4.78 is 25.4. The van der Waals surface area contributed by atoms with E-state index < -0.39 is 9.84 Å². The number of aryl methyl sites for hydroxylation is 1. The fourth-order valence-electron chi connectivity index (χ4n) is 2.66. The summed E-state index contributed by atoms with van der Waals surface area (Å²) in [5.41, 5.74) is 3.19. The molecule has 128 valence electrons. The first kappa shape index (κ1) is 18.5. The number of benzene rings is 2. The Labute approximate surface area is 146 Å². The molecule has 0 atom stereocenters. The van der Waals surface area contributed by atoms with Gasteiger partial charge in [0.1, 0.15) is 0 Å². The molecule has 0 spiro atoms. The molecule has 0 bridgehead atoms. The van der Waals surface area contributed by atoms with Gasteiger partial charge in [0.2, 0.25) is 0 Å². The van der Waals surface area contributed by atoms with Crippen LogP contribution < -0.4 is 0 Å². The van der Waals surface area contributed by atoms with Crippen molar-refractivity contribution >= 4 is 9.84 Å². The molecule has 0 N–H and O–H groups in total. The van der Waals surface area contributed by atoms with E-state index in [1.807, 2.05) is 49.4 Å². The fraction of sp³-hybridized carbons (Fsp3) is 0.333. The fourth-order valence-corrected chi connectivity index (χ4v) is 3.96. The van der Waals surface area contributed by atoms with Crippen LogP contribution in [0.2, 0.25) is 0 Å². The summed E-state index contributed by atoms with van der Waals surface area (Å²) in [6.07, 6.45) is 4.79. The lowest BCUT2D eigenvalue weighted by Crippen LogP contribution is -2.01.